The van der Waals surface area contributed by atoms with Gasteiger partial charge in [0.2, 0.25) is 0 Å². The van der Waals surface area contributed by atoms with Gasteiger partial charge in [-0.15, -0.1) is 0 Å². The van der Waals surface area contributed by atoms with Crippen LogP contribution in [0.4, 0.5) is 0 Å². The highest BCUT2D eigenvalue weighted by molar-refractivity contribution is 6.33. The second-order valence-electron chi connectivity index (χ2n) is 8.17. The highest BCUT2D eigenvalue weighted by atomic mass is 14.2. The average molecular weight is 336 g/mol. The van der Waals surface area contributed by atoms with Crippen LogP contribution < -0.4 is 0 Å². The van der Waals surface area contributed by atoms with Gasteiger partial charge in [0.25, 0.3) is 0 Å². The molecule has 0 nitrogen and oxygen atoms in total. The van der Waals surface area contributed by atoms with Crippen LogP contribution >= 0.6 is 0 Å². The van der Waals surface area contributed by atoms with Crippen molar-refractivity contribution < 1.29 is 0 Å². The first kappa shape index (κ1) is 15.6. The normalized spacial score (nSPS) is 12.5. The topological polar surface area (TPSA) is 0 Å². The van der Waals surface area contributed by atoms with Gasteiger partial charge in [0.1, 0.15) is 0 Å². The zero-order valence-electron chi connectivity index (χ0n) is 15.9. The summed E-state index contributed by atoms with van der Waals surface area (Å²) in [5.74, 6) is 1.04. The Kier molecular flexibility index (Phi) is 3.28. The van der Waals surface area contributed by atoms with Gasteiger partial charge in [-0.1, -0.05) is 88.4 Å². The molecule has 0 aliphatic heterocycles. The second-order valence-corrected chi connectivity index (χ2v) is 8.17. The summed E-state index contributed by atoms with van der Waals surface area (Å²) in [5, 5.41) is 11.2. The number of benzene rings is 5. The van der Waals surface area contributed by atoms with Gasteiger partial charge in [-0.25, -0.2) is 0 Å². The van der Waals surface area contributed by atoms with Gasteiger partial charge in [0, 0.05) is 0 Å². The highest BCUT2D eigenvalue weighted by Crippen LogP contribution is 2.44. The molecule has 0 heterocycles. The molecule has 0 heteroatoms. The minimum absolute atomic E-state index is 0.518. The van der Waals surface area contributed by atoms with Crippen LogP contribution in [-0.2, 0) is 0 Å². The van der Waals surface area contributed by atoms with E-state index in [1.54, 1.807) is 0 Å². The van der Waals surface area contributed by atoms with Crippen LogP contribution in [0.3, 0.4) is 0 Å². The van der Waals surface area contributed by atoms with Crippen LogP contribution in [0, 0.1) is 0 Å². The molecule has 0 saturated carbocycles. The quantitative estimate of drug-likeness (QED) is 0.226. The Bertz CT molecular complexity index is 1180. The molecule has 0 fully saturated rings. The Balaban J connectivity index is 2.16. The maximum absolute atomic E-state index is 2.37. The number of rotatable bonds is 2. The van der Waals surface area contributed by atoms with E-state index in [0.717, 1.165) is 0 Å². The Morgan fingerprint density at radius 2 is 0.923 bits per heavy atom. The molecule has 5 aromatic rings. The van der Waals surface area contributed by atoms with Crippen LogP contribution in [0.1, 0.15) is 50.7 Å². The lowest BCUT2D eigenvalue weighted by atomic mass is 9.82. The summed E-state index contributed by atoms with van der Waals surface area (Å²) in [5.41, 5.74) is 2.95. The standard InChI is InChI=1S/C26H24/c1-15(2)18-11-13-22-20-9-5-7-17-8-6-10-21(24(17)20)23-14-12-19(16(3)4)25(18)26(22)23/h5-16H,1-4H3. The third kappa shape index (κ3) is 1.96. The first-order valence-corrected chi connectivity index (χ1v) is 9.70. The zero-order chi connectivity index (χ0) is 18.0. The summed E-state index contributed by atoms with van der Waals surface area (Å²) >= 11 is 0. The third-order valence-electron chi connectivity index (χ3n) is 5.95. The summed E-state index contributed by atoms with van der Waals surface area (Å²) < 4.78 is 0. The van der Waals surface area contributed by atoms with Crippen molar-refractivity contribution in [3.63, 3.8) is 0 Å². The van der Waals surface area contributed by atoms with Gasteiger partial charge in [-0.05, 0) is 66.1 Å². The van der Waals surface area contributed by atoms with Gasteiger partial charge in [0.15, 0.2) is 0 Å². The molecular weight excluding hydrogens is 312 g/mol. The third-order valence-corrected chi connectivity index (χ3v) is 5.95. The zero-order valence-corrected chi connectivity index (χ0v) is 15.9. The monoisotopic (exact) mass is 336 g/mol. The molecule has 26 heavy (non-hydrogen) atoms. The summed E-state index contributed by atoms with van der Waals surface area (Å²) in [6, 6.07) is 22.9. The van der Waals surface area contributed by atoms with Crippen LogP contribution in [0.25, 0.3) is 43.1 Å². The summed E-state index contributed by atoms with van der Waals surface area (Å²) in [6.07, 6.45) is 0. The Hall–Kier alpha value is -2.60. The number of fused-ring (bicyclic) bond motifs is 2. The fourth-order valence-electron chi connectivity index (χ4n) is 4.75. The summed E-state index contributed by atoms with van der Waals surface area (Å²) in [4.78, 5) is 0. The van der Waals surface area contributed by atoms with E-state index in [-0.39, 0.29) is 0 Å². The van der Waals surface area contributed by atoms with Crippen molar-refractivity contribution >= 4 is 43.1 Å². The predicted molar refractivity (Wildman–Crippen MR) is 116 cm³/mol. The highest BCUT2D eigenvalue weighted by Gasteiger charge is 2.18. The van der Waals surface area contributed by atoms with Crippen LogP contribution in [0.15, 0.2) is 60.7 Å². The molecule has 0 atom stereocenters. The van der Waals surface area contributed by atoms with Crippen LogP contribution in [-0.4, -0.2) is 0 Å². The molecule has 0 bridgehead atoms. The fraction of sp³-hybridized carbons (Fsp3) is 0.231. The van der Waals surface area contributed by atoms with E-state index in [9.17, 15) is 0 Å². The van der Waals surface area contributed by atoms with Gasteiger partial charge in [-0.2, -0.15) is 0 Å². The molecule has 0 aliphatic rings. The second kappa shape index (κ2) is 5.45. The van der Waals surface area contributed by atoms with Crippen LogP contribution in [0.5, 0.6) is 0 Å². The molecule has 0 aliphatic carbocycles. The first-order valence-electron chi connectivity index (χ1n) is 9.70. The Morgan fingerprint density at radius 1 is 0.462 bits per heavy atom. The lowest BCUT2D eigenvalue weighted by Crippen LogP contribution is -1.98. The molecule has 0 unspecified atom stereocenters. The lowest BCUT2D eigenvalue weighted by Gasteiger charge is -2.21. The van der Waals surface area contributed by atoms with E-state index >= 15 is 0 Å². The SMILES string of the molecule is CC(C)c1ccc2c3cccc4cccc(c5ccc(C(C)C)c1c25)c43. The van der Waals surface area contributed by atoms with Crippen molar-refractivity contribution in [3.05, 3.63) is 71.8 Å². The van der Waals surface area contributed by atoms with E-state index in [1.807, 2.05) is 0 Å². The molecule has 0 amide bonds. The molecule has 0 saturated heterocycles. The number of hydrogen-bond acceptors (Lipinski definition) is 0. The molecule has 128 valence electrons. The van der Waals surface area contributed by atoms with Crippen molar-refractivity contribution in [2.75, 3.05) is 0 Å². The maximum Gasteiger partial charge on any atom is -0.00206 e. The number of hydrogen-bond donors (Lipinski definition) is 0. The Labute approximate surface area is 154 Å². The molecule has 0 N–H and O–H groups in total. The van der Waals surface area contributed by atoms with Gasteiger partial charge >= 0.3 is 0 Å². The molecule has 5 rings (SSSR count). The van der Waals surface area contributed by atoms with E-state index in [2.05, 4.69) is 88.4 Å². The molecule has 0 radical (unpaired) electrons. The van der Waals surface area contributed by atoms with Gasteiger partial charge in [-0.3, -0.25) is 0 Å². The minimum atomic E-state index is 0.518. The van der Waals surface area contributed by atoms with Crippen molar-refractivity contribution in [1.82, 2.24) is 0 Å². The summed E-state index contributed by atoms with van der Waals surface area (Å²) in [7, 11) is 0. The van der Waals surface area contributed by atoms with Crippen molar-refractivity contribution in [2.45, 2.75) is 39.5 Å². The lowest BCUT2D eigenvalue weighted by molar-refractivity contribution is 0.855. The molecule has 0 aromatic heterocycles. The van der Waals surface area contributed by atoms with E-state index in [1.165, 1.54) is 54.2 Å². The fourth-order valence-corrected chi connectivity index (χ4v) is 4.75. The molecular formula is C26H24. The van der Waals surface area contributed by atoms with E-state index in [4.69, 9.17) is 0 Å². The molecule has 0 spiro atoms. The maximum atomic E-state index is 2.37. The van der Waals surface area contributed by atoms with E-state index < -0.39 is 0 Å². The van der Waals surface area contributed by atoms with Gasteiger partial charge in [0.05, 0.1) is 0 Å². The largest absolute Gasteiger partial charge is 0.0610 e. The smallest absolute Gasteiger partial charge is 0.00206 e. The average Bonchev–Trinajstić information content (AvgIpc) is 2.64. The van der Waals surface area contributed by atoms with Crippen molar-refractivity contribution in [3.8, 4) is 0 Å². The first-order chi connectivity index (χ1) is 12.6. The van der Waals surface area contributed by atoms with Crippen molar-refractivity contribution in [2.24, 2.45) is 0 Å². The van der Waals surface area contributed by atoms with E-state index in [0.29, 0.717) is 11.8 Å². The molecule has 5 aromatic carbocycles. The Morgan fingerprint density at radius 3 is 1.38 bits per heavy atom. The minimum Gasteiger partial charge on any atom is -0.0610 e. The van der Waals surface area contributed by atoms with Crippen LogP contribution in [0.2, 0.25) is 0 Å². The van der Waals surface area contributed by atoms with Crippen molar-refractivity contribution in [1.29, 1.82) is 0 Å². The predicted octanol–water partition coefficient (Wildman–Crippen LogP) is 7.98. The summed E-state index contributed by atoms with van der Waals surface area (Å²) in [6.45, 7) is 9.24. The van der Waals surface area contributed by atoms with Gasteiger partial charge < -0.3 is 0 Å².